The summed E-state index contributed by atoms with van der Waals surface area (Å²) in [5.41, 5.74) is 4.46. The quantitative estimate of drug-likeness (QED) is 0.490. The summed E-state index contributed by atoms with van der Waals surface area (Å²) in [4.78, 5) is 10.4. The lowest BCUT2D eigenvalue weighted by Gasteiger charge is -2.06. The Morgan fingerprint density at radius 2 is 1.93 bits per heavy atom. The van der Waals surface area contributed by atoms with Crippen LogP contribution in [0.3, 0.4) is 0 Å². The minimum absolute atomic E-state index is 0.241. The van der Waals surface area contributed by atoms with E-state index in [2.05, 4.69) is 0 Å². The summed E-state index contributed by atoms with van der Waals surface area (Å²) in [5, 5.41) is 17.9. The standard InChI is InChI=1S/C8H9NO5S/c1-15(13,14)4-2-5(8(11)12)7(10)6(9)3-4/h2-3,10H,9H2,1H3,(H,11,12). The Labute approximate surface area is 85.9 Å². The number of sulfone groups is 1. The van der Waals surface area contributed by atoms with E-state index < -0.39 is 27.1 Å². The van der Waals surface area contributed by atoms with Crippen LogP contribution in [0, 0.1) is 0 Å². The fourth-order valence-electron chi connectivity index (χ4n) is 1.01. The zero-order chi connectivity index (χ0) is 11.8. The molecule has 7 heteroatoms. The number of benzene rings is 1. The average Bonchev–Trinajstić information content (AvgIpc) is 2.06. The van der Waals surface area contributed by atoms with Gasteiger partial charge in [0.05, 0.1) is 10.6 Å². The zero-order valence-corrected chi connectivity index (χ0v) is 8.58. The number of aromatic carboxylic acids is 1. The van der Waals surface area contributed by atoms with E-state index in [4.69, 9.17) is 10.8 Å². The van der Waals surface area contributed by atoms with Gasteiger partial charge in [-0.1, -0.05) is 0 Å². The maximum atomic E-state index is 11.1. The maximum absolute atomic E-state index is 11.1. The molecule has 0 saturated carbocycles. The van der Waals surface area contributed by atoms with Gasteiger partial charge in [-0.25, -0.2) is 13.2 Å². The first-order chi connectivity index (χ1) is 6.73. The van der Waals surface area contributed by atoms with E-state index in [0.29, 0.717) is 0 Å². The third-order valence-corrected chi connectivity index (χ3v) is 2.86. The van der Waals surface area contributed by atoms with E-state index in [-0.39, 0.29) is 10.6 Å². The molecule has 1 aromatic rings. The van der Waals surface area contributed by atoms with E-state index in [1.807, 2.05) is 0 Å². The Bertz CT molecular complexity index is 520. The van der Waals surface area contributed by atoms with E-state index in [9.17, 15) is 18.3 Å². The van der Waals surface area contributed by atoms with E-state index >= 15 is 0 Å². The lowest BCUT2D eigenvalue weighted by atomic mass is 10.2. The molecule has 1 rings (SSSR count). The Morgan fingerprint density at radius 3 is 2.33 bits per heavy atom. The van der Waals surface area contributed by atoms with Crippen molar-refractivity contribution in [1.82, 2.24) is 0 Å². The monoisotopic (exact) mass is 231 g/mol. The van der Waals surface area contributed by atoms with Crippen molar-refractivity contribution in [3.63, 3.8) is 0 Å². The molecule has 0 fully saturated rings. The number of nitrogen functional groups attached to an aromatic ring is 1. The highest BCUT2D eigenvalue weighted by Gasteiger charge is 2.18. The zero-order valence-electron chi connectivity index (χ0n) is 7.76. The Balaban J connectivity index is 3.57. The molecule has 0 unspecified atom stereocenters. The summed E-state index contributed by atoms with van der Waals surface area (Å²) in [6.07, 6.45) is 0.921. The lowest BCUT2D eigenvalue weighted by molar-refractivity contribution is 0.0693. The SMILES string of the molecule is CS(=O)(=O)c1cc(N)c(O)c(C(=O)O)c1. The van der Waals surface area contributed by atoms with Crippen LogP contribution in [0.1, 0.15) is 10.4 Å². The number of hydrogen-bond donors (Lipinski definition) is 3. The van der Waals surface area contributed by atoms with Gasteiger partial charge < -0.3 is 15.9 Å². The molecule has 0 atom stereocenters. The van der Waals surface area contributed by atoms with Gasteiger partial charge in [0.2, 0.25) is 0 Å². The van der Waals surface area contributed by atoms with Crippen LogP contribution in [0.15, 0.2) is 17.0 Å². The van der Waals surface area contributed by atoms with Gasteiger partial charge in [0.25, 0.3) is 0 Å². The van der Waals surface area contributed by atoms with Crippen LogP contribution in [0.25, 0.3) is 0 Å². The molecule has 0 aliphatic heterocycles. The highest BCUT2D eigenvalue weighted by atomic mass is 32.2. The molecule has 6 nitrogen and oxygen atoms in total. The molecule has 0 aliphatic carbocycles. The number of rotatable bonds is 2. The van der Waals surface area contributed by atoms with Gasteiger partial charge in [0, 0.05) is 6.26 Å². The molecule has 0 aliphatic rings. The van der Waals surface area contributed by atoms with Crippen molar-refractivity contribution in [3.05, 3.63) is 17.7 Å². The number of nitrogens with two attached hydrogens (primary N) is 1. The summed E-state index contributed by atoms with van der Waals surface area (Å²) in [6.45, 7) is 0. The third kappa shape index (κ3) is 2.18. The van der Waals surface area contributed by atoms with Gasteiger partial charge in [-0.3, -0.25) is 0 Å². The minimum Gasteiger partial charge on any atom is -0.505 e. The van der Waals surface area contributed by atoms with Gasteiger partial charge in [-0.15, -0.1) is 0 Å². The number of anilines is 1. The minimum atomic E-state index is -3.55. The molecular formula is C8H9NO5S. The van der Waals surface area contributed by atoms with Crippen LogP contribution >= 0.6 is 0 Å². The van der Waals surface area contributed by atoms with Gasteiger partial charge in [-0.2, -0.15) is 0 Å². The highest BCUT2D eigenvalue weighted by Crippen LogP contribution is 2.28. The van der Waals surface area contributed by atoms with Gasteiger partial charge in [-0.05, 0) is 12.1 Å². The number of aromatic hydroxyl groups is 1. The first-order valence-corrected chi connectivity index (χ1v) is 5.68. The van der Waals surface area contributed by atoms with E-state index in [1.54, 1.807) is 0 Å². The van der Waals surface area contributed by atoms with Crippen molar-refractivity contribution in [1.29, 1.82) is 0 Å². The first-order valence-electron chi connectivity index (χ1n) is 3.79. The van der Waals surface area contributed by atoms with Gasteiger partial charge in [0.1, 0.15) is 5.56 Å². The van der Waals surface area contributed by atoms with Crippen molar-refractivity contribution in [3.8, 4) is 5.75 Å². The van der Waals surface area contributed by atoms with Crippen LogP contribution in [-0.4, -0.2) is 30.9 Å². The maximum Gasteiger partial charge on any atom is 0.339 e. The van der Waals surface area contributed by atoms with Crippen molar-refractivity contribution >= 4 is 21.5 Å². The van der Waals surface area contributed by atoms with Gasteiger partial charge in [0.15, 0.2) is 15.6 Å². The van der Waals surface area contributed by atoms with Crippen molar-refractivity contribution in [2.75, 3.05) is 12.0 Å². The summed E-state index contributed by atoms with van der Waals surface area (Å²) >= 11 is 0. The lowest BCUT2D eigenvalue weighted by Crippen LogP contribution is -2.04. The number of carboxylic acids is 1. The molecule has 0 amide bonds. The number of carbonyl (C=O) groups is 1. The van der Waals surface area contributed by atoms with E-state index in [0.717, 1.165) is 18.4 Å². The Hall–Kier alpha value is -1.76. The summed E-state index contributed by atoms with van der Waals surface area (Å²) in [7, 11) is -3.55. The molecule has 0 radical (unpaired) electrons. The summed E-state index contributed by atoms with van der Waals surface area (Å²) < 4.78 is 22.3. The molecule has 0 bridgehead atoms. The predicted octanol–water partition coefficient (Wildman–Crippen LogP) is 0.0761. The number of hydrogen-bond acceptors (Lipinski definition) is 5. The summed E-state index contributed by atoms with van der Waals surface area (Å²) in [6, 6.07) is 1.88. The van der Waals surface area contributed by atoms with Crippen molar-refractivity contribution in [2.45, 2.75) is 4.90 Å². The van der Waals surface area contributed by atoms with Gasteiger partial charge >= 0.3 is 5.97 Å². The van der Waals surface area contributed by atoms with Crippen LogP contribution < -0.4 is 5.73 Å². The Kier molecular flexibility index (Phi) is 2.59. The molecule has 0 spiro atoms. The molecule has 4 N–H and O–H groups in total. The van der Waals surface area contributed by atoms with E-state index in [1.165, 1.54) is 0 Å². The molecule has 15 heavy (non-hydrogen) atoms. The second-order valence-electron chi connectivity index (χ2n) is 2.99. The topological polar surface area (TPSA) is 118 Å². The predicted molar refractivity (Wildman–Crippen MR) is 52.6 cm³/mol. The second kappa shape index (κ2) is 3.43. The molecule has 0 heterocycles. The van der Waals surface area contributed by atoms with Crippen molar-refractivity contribution < 1.29 is 23.4 Å². The second-order valence-corrected chi connectivity index (χ2v) is 5.00. The first kappa shape index (κ1) is 11.3. The molecular weight excluding hydrogens is 222 g/mol. The van der Waals surface area contributed by atoms with Crippen LogP contribution in [0.2, 0.25) is 0 Å². The highest BCUT2D eigenvalue weighted by molar-refractivity contribution is 7.90. The molecule has 82 valence electrons. The molecule has 0 aromatic heterocycles. The van der Waals surface area contributed by atoms with Crippen molar-refractivity contribution in [2.24, 2.45) is 0 Å². The largest absolute Gasteiger partial charge is 0.505 e. The normalized spacial score (nSPS) is 11.3. The average molecular weight is 231 g/mol. The van der Waals surface area contributed by atoms with Crippen LogP contribution in [0.5, 0.6) is 5.75 Å². The third-order valence-electron chi connectivity index (χ3n) is 1.77. The molecule has 0 saturated heterocycles. The fourth-order valence-corrected chi connectivity index (χ4v) is 1.68. The van der Waals surface area contributed by atoms with Crippen LogP contribution in [0.4, 0.5) is 5.69 Å². The number of carboxylic acid groups (broad SMARTS) is 1. The smallest absolute Gasteiger partial charge is 0.339 e. The number of phenols is 1. The van der Waals surface area contributed by atoms with Crippen LogP contribution in [-0.2, 0) is 9.84 Å². The molecule has 1 aromatic carbocycles. The summed E-state index contributed by atoms with van der Waals surface area (Å²) in [5.74, 6) is -2.07. The fraction of sp³-hybridized carbons (Fsp3) is 0.125. The Morgan fingerprint density at radius 1 is 1.40 bits per heavy atom.